The van der Waals surface area contributed by atoms with E-state index < -0.39 is 17.6 Å². The first-order valence-electron chi connectivity index (χ1n) is 6.09. The Morgan fingerprint density at radius 2 is 2.00 bits per heavy atom. The molecule has 21 heavy (non-hydrogen) atoms. The highest BCUT2D eigenvalue weighted by atomic mass is 19.4. The van der Waals surface area contributed by atoms with E-state index in [9.17, 15) is 18.0 Å². The van der Waals surface area contributed by atoms with Crippen LogP contribution in [0.1, 0.15) is 27.4 Å². The predicted molar refractivity (Wildman–Crippen MR) is 70.7 cm³/mol. The van der Waals surface area contributed by atoms with Crippen LogP contribution < -0.4 is 11.1 Å². The Labute approximate surface area is 118 Å². The summed E-state index contributed by atoms with van der Waals surface area (Å²) < 4.78 is 43.8. The third-order valence-corrected chi connectivity index (χ3v) is 2.86. The van der Waals surface area contributed by atoms with Gasteiger partial charge in [0, 0.05) is 12.2 Å². The van der Waals surface area contributed by atoms with Gasteiger partial charge in [0.05, 0.1) is 5.56 Å². The maximum atomic E-state index is 12.9. The largest absolute Gasteiger partial charge is 0.456 e. The van der Waals surface area contributed by atoms with Crippen LogP contribution >= 0.6 is 0 Å². The van der Waals surface area contributed by atoms with E-state index in [4.69, 9.17) is 10.2 Å². The molecule has 1 aromatic carbocycles. The Hall–Kier alpha value is -2.28. The number of alkyl halides is 3. The number of nitrogens with one attached hydrogen (secondary N) is 1. The van der Waals surface area contributed by atoms with Crippen LogP contribution in [0.3, 0.4) is 0 Å². The Bertz CT molecular complexity index is 662. The van der Waals surface area contributed by atoms with Crippen molar-refractivity contribution in [1.29, 1.82) is 0 Å². The number of carbonyl (C=O) groups excluding carboxylic acids is 1. The van der Waals surface area contributed by atoms with Crippen molar-refractivity contribution in [3.8, 4) is 0 Å². The van der Waals surface area contributed by atoms with Gasteiger partial charge in [0.15, 0.2) is 5.76 Å². The van der Waals surface area contributed by atoms with Crippen molar-refractivity contribution in [2.75, 3.05) is 5.32 Å². The Morgan fingerprint density at radius 3 is 2.52 bits per heavy atom. The van der Waals surface area contributed by atoms with Crippen LogP contribution in [0.15, 0.2) is 34.7 Å². The van der Waals surface area contributed by atoms with E-state index in [2.05, 4.69) is 5.32 Å². The summed E-state index contributed by atoms with van der Waals surface area (Å²) >= 11 is 0. The molecule has 4 nitrogen and oxygen atoms in total. The van der Waals surface area contributed by atoms with Gasteiger partial charge in [-0.25, -0.2) is 0 Å². The number of furan rings is 1. The van der Waals surface area contributed by atoms with Crippen molar-refractivity contribution in [1.82, 2.24) is 0 Å². The van der Waals surface area contributed by atoms with E-state index in [1.165, 1.54) is 18.2 Å². The van der Waals surface area contributed by atoms with Crippen molar-refractivity contribution >= 4 is 11.6 Å². The van der Waals surface area contributed by atoms with Crippen LogP contribution in [0, 0.1) is 6.92 Å². The molecule has 0 fully saturated rings. The molecule has 112 valence electrons. The molecule has 0 spiro atoms. The van der Waals surface area contributed by atoms with Crippen LogP contribution in [0.2, 0.25) is 0 Å². The molecule has 3 N–H and O–H groups in total. The topological polar surface area (TPSA) is 68.3 Å². The molecule has 0 bridgehead atoms. The fraction of sp³-hybridized carbons (Fsp3) is 0.214. The monoisotopic (exact) mass is 298 g/mol. The normalized spacial score (nSPS) is 11.5. The van der Waals surface area contributed by atoms with E-state index >= 15 is 0 Å². The average Bonchev–Trinajstić information content (AvgIpc) is 2.84. The molecule has 0 saturated carbocycles. The van der Waals surface area contributed by atoms with Gasteiger partial charge in [-0.05, 0) is 36.8 Å². The maximum Gasteiger partial charge on any atom is 0.416 e. The lowest BCUT2D eigenvalue weighted by molar-refractivity contribution is -0.138. The highest BCUT2D eigenvalue weighted by Crippen LogP contribution is 2.33. The molecule has 0 atom stereocenters. The Kier molecular flexibility index (Phi) is 4.04. The van der Waals surface area contributed by atoms with Gasteiger partial charge in [0.25, 0.3) is 5.91 Å². The number of anilines is 1. The molecular weight excluding hydrogens is 285 g/mol. The van der Waals surface area contributed by atoms with Gasteiger partial charge in [-0.1, -0.05) is 6.07 Å². The number of hydrogen-bond acceptors (Lipinski definition) is 3. The van der Waals surface area contributed by atoms with Gasteiger partial charge in [0.1, 0.15) is 5.76 Å². The quantitative estimate of drug-likeness (QED) is 0.913. The van der Waals surface area contributed by atoms with Gasteiger partial charge < -0.3 is 15.5 Å². The zero-order valence-electron chi connectivity index (χ0n) is 11.1. The van der Waals surface area contributed by atoms with Crippen LogP contribution in [-0.4, -0.2) is 5.91 Å². The molecule has 0 unspecified atom stereocenters. The van der Waals surface area contributed by atoms with Gasteiger partial charge in [-0.15, -0.1) is 0 Å². The van der Waals surface area contributed by atoms with Crippen molar-refractivity contribution < 1.29 is 22.4 Å². The molecule has 0 aliphatic rings. The summed E-state index contributed by atoms with van der Waals surface area (Å²) in [6, 6.07) is 6.50. The highest BCUT2D eigenvalue weighted by molar-refractivity contribution is 6.02. The number of hydrogen-bond donors (Lipinski definition) is 2. The standard InChI is InChI=1S/C14H13F3N2O2/c1-8-2-5-12(21-8)13(20)19-10-4-3-9(7-18)11(6-10)14(15,16)17/h2-6H,7,18H2,1H3,(H,19,20). The summed E-state index contributed by atoms with van der Waals surface area (Å²) in [6.45, 7) is 1.43. The zero-order valence-corrected chi connectivity index (χ0v) is 11.1. The van der Waals surface area contributed by atoms with E-state index in [1.807, 2.05) is 0 Å². The van der Waals surface area contributed by atoms with Gasteiger partial charge in [-0.3, -0.25) is 4.79 Å². The molecule has 2 rings (SSSR count). The van der Waals surface area contributed by atoms with E-state index in [1.54, 1.807) is 13.0 Å². The van der Waals surface area contributed by atoms with Crippen molar-refractivity contribution in [3.63, 3.8) is 0 Å². The van der Waals surface area contributed by atoms with Crippen molar-refractivity contribution in [2.45, 2.75) is 19.6 Å². The third-order valence-electron chi connectivity index (χ3n) is 2.86. The molecule has 0 aliphatic carbocycles. The van der Waals surface area contributed by atoms with Crippen LogP contribution in [0.25, 0.3) is 0 Å². The number of carbonyl (C=O) groups is 1. The lowest BCUT2D eigenvalue weighted by atomic mass is 10.1. The first kappa shape index (κ1) is 15.1. The number of aryl methyl sites for hydroxylation is 1. The lowest BCUT2D eigenvalue weighted by Crippen LogP contribution is -2.15. The van der Waals surface area contributed by atoms with E-state index in [0.29, 0.717) is 5.76 Å². The molecule has 0 radical (unpaired) electrons. The van der Waals surface area contributed by atoms with E-state index in [-0.39, 0.29) is 23.6 Å². The summed E-state index contributed by atoms with van der Waals surface area (Å²) in [7, 11) is 0. The number of halogens is 3. The minimum atomic E-state index is -4.53. The lowest BCUT2D eigenvalue weighted by Gasteiger charge is -2.13. The van der Waals surface area contributed by atoms with Crippen LogP contribution in [0.4, 0.5) is 18.9 Å². The third kappa shape index (κ3) is 3.43. The summed E-state index contributed by atoms with van der Waals surface area (Å²) in [5.74, 6) is -0.0460. The van der Waals surface area contributed by atoms with Crippen molar-refractivity contribution in [3.05, 3.63) is 53.0 Å². The number of amides is 1. The van der Waals surface area contributed by atoms with Crippen LogP contribution in [-0.2, 0) is 12.7 Å². The summed E-state index contributed by atoms with van der Waals surface area (Å²) in [4.78, 5) is 11.8. The Balaban J connectivity index is 2.27. The fourth-order valence-electron chi connectivity index (χ4n) is 1.85. The molecule has 0 saturated heterocycles. The first-order chi connectivity index (χ1) is 9.81. The number of nitrogens with two attached hydrogens (primary N) is 1. The zero-order chi connectivity index (χ0) is 15.6. The SMILES string of the molecule is Cc1ccc(C(=O)Nc2ccc(CN)c(C(F)(F)F)c2)o1. The Morgan fingerprint density at radius 1 is 1.29 bits per heavy atom. The van der Waals surface area contributed by atoms with Crippen LogP contribution in [0.5, 0.6) is 0 Å². The molecule has 2 aromatic rings. The molecule has 1 amide bonds. The molecule has 7 heteroatoms. The molecular formula is C14H13F3N2O2. The van der Waals surface area contributed by atoms with Gasteiger partial charge in [0.2, 0.25) is 0 Å². The number of rotatable bonds is 3. The maximum absolute atomic E-state index is 12.9. The van der Waals surface area contributed by atoms with Crippen molar-refractivity contribution in [2.24, 2.45) is 5.73 Å². The van der Waals surface area contributed by atoms with Gasteiger partial charge >= 0.3 is 6.18 Å². The fourth-order valence-corrected chi connectivity index (χ4v) is 1.85. The minimum absolute atomic E-state index is 0.0265. The smallest absolute Gasteiger partial charge is 0.416 e. The summed E-state index contributed by atoms with van der Waals surface area (Å²) in [6.07, 6.45) is -4.53. The second-order valence-corrected chi connectivity index (χ2v) is 4.44. The number of benzene rings is 1. The molecule has 1 aromatic heterocycles. The first-order valence-corrected chi connectivity index (χ1v) is 6.09. The minimum Gasteiger partial charge on any atom is -0.456 e. The summed E-state index contributed by atoms with van der Waals surface area (Å²) in [5, 5.41) is 2.36. The second-order valence-electron chi connectivity index (χ2n) is 4.44. The molecule has 1 heterocycles. The van der Waals surface area contributed by atoms with E-state index in [0.717, 1.165) is 6.07 Å². The highest BCUT2D eigenvalue weighted by Gasteiger charge is 2.33. The molecule has 0 aliphatic heterocycles. The second kappa shape index (κ2) is 5.61. The average molecular weight is 298 g/mol. The predicted octanol–water partition coefficient (Wildman–Crippen LogP) is 3.32. The van der Waals surface area contributed by atoms with Gasteiger partial charge in [-0.2, -0.15) is 13.2 Å². The summed E-state index contributed by atoms with van der Waals surface area (Å²) in [5.41, 5.74) is 4.42.